The van der Waals surface area contributed by atoms with Crippen LogP contribution < -0.4 is 0 Å². The Labute approximate surface area is 113 Å². The van der Waals surface area contributed by atoms with Crippen molar-refractivity contribution in [2.45, 2.75) is 25.7 Å². The second-order valence-electron chi connectivity index (χ2n) is 5.16. The Balaban J connectivity index is 1.92. The molecule has 0 amide bonds. The van der Waals surface area contributed by atoms with Crippen LogP contribution >= 0.6 is 0 Å². The highest BCUT2D eigenvalue weighted by atomic mass is 16.1. The van der Waals surface area contributed by atoms with Crippen LogP contribution in [0.15, 0.2) is 24.5 Å². The molecule has 0 saturated carbocycles. The summed E-state index contributed by atoms with van der Waals surface area (Å²) >= 11 is 0. The summed E-state index contributed by atoms with van der Waals surface area (Å²) in [6, 6.07) is 3.76. The normalized spacial score (nSPS) is 17.9. The number of imidazole rings is 1. The van der Waals surface area contributed by atoms with Gasteiger partial charge in [-0.1, -0.05) is 6.92 Å². The molecule has 0 aliphatic carbocycles. The lowest BCUT2D eigenvalue weighted by Gasteiger charge is -2.30. The van der Waals surface area contributed by atoms with E-state index in [0.717, 1.165) is 50.1 Å². The van der Waals surface area contributed by atoms with Gasteiger partial charge in [0.05, 0.1) is 11.7 Å². The van der Waals surface area contributed by atoms with Crippen LogP contribution in [-0.2, 0) is 0 Å². The molecule has 3 rings (SSSR count). The standard InChI is InChI=1S/C15H19N3O/c1-2-17-8-5-12(6-9-17)15-16-10-14-13(11-19)4-3-7-18(14)15/h3-4,7,10-12H,2,5-6,8-9H2,1H3. The molecule has 2 aromatic heterocycles. The van der Waals surface area contributed by atoms with Crippen LogP contribution in [0.1, 0.15) is 41.9 Å². The Kier molecular flexibility index (Phi) is 3.34. The average Bonchev–Trinajstić information content (AvgIpc) is 2.91. The molecule has 2 aromatic rings. The summed E-state index contributed by atoms with van der Waals surface area (Å²) in [6.45, 7) is 5.62. The number of carbonyl (C=O) groups excluding carboxylic acids is 1. The molecule has 0 spiro atoms. The highest BCUT2D eigenvalue weighted by molar-refractivity contribution is 5.85. The van der Waals surface area contributed by atoms with Gasteiger partial charge in [-0.3, -0.25) is 4.79 Å². The first-order chi connectivity index (χ1) is 9.33. The lowest BCUT2D eigenvalue weighted by atomic mass is 9.96. The summed E-state index contributed by atoms with van der Waals surface area (Å²) < 4.78 is 2.08. The molecule has 1 aliphatic rings. The zero-order valence-corrected chi connectivity index (χ0v) is 11.2. The molecule has 0 aromatic carbocycles. The zero-order valence-electron chi connectivity index (χ0n) is 11.2. The first kappa shape index (κ1) is 12.4. The van der Waals surface area contributed by atoms with Gasteiger partial charge in [0.1, 0.15) is 5.82 Å². The van der Waals surface area contributed by atoms with Crippen LogP contribution in [0.2, 0.25) is 0 Å². The minimum absolute atomic E-state index is 0.507. The zero-order chi connectivity index (χ0) is 13.2. The van der Waals surface area contributed by atoms with Gasteiger partial charge in [-0.25, -0.2) is 4.98 Å². The summed E-state index contributed by atoms with van der Waals surface area (Å²) in [5.41, 5.74) is 1.64. The van der Waals surface area contributed by atoms with E-state index >= 15 is 0 Å². The highest BCUT2D eigenvalue weighted by Gasteiger charge is 2.23. The van der Waals surface area contributed by atoms with Crippen molar-refractivity contribution in [3.63, 3.8) is 0 Å². The number of piperidine rings is 1. The van der Waals surface area contributed by atoms with Crippen LogP contribution in [-0.4, -0.2) is 40.2 Å². The van der Waals surface area contributed by atoms with Gasteiger partial charge < -0.3 is 9.30 Å². The van der Waals surface area contributed by atoms with Gasteiger partial charge in [0.2, 0.25) is 0 Å². The molecule has 0 N–H and O–H groups in total. The fourth-order valence-electron chi connectivity index (χ4n) is 2.97. The van der Waals surface area contributed by atoms with Gasteiger partial charge in [0, 0.05) is 17.7 Å². The van der Waals surface area contributed by atoms with Crippen molar-refractivity contribution >= 4 is 11.8 Å². The Morgan fingerprint density at radius 2 is 2.21 bits per heavy atom. The molecule has 19 heavy (non-hydrogen) atoms. The highest BCUT2D eigenvalue weighted by Crippen LogP contribution is 2.28. The van der Waals surface area contributed by atoms with Crippen molar-refractivity contribution in [3.05, 3.63) is 35.9 Å². The predicted octanol–water partition coefficient (Wildman–Crippen LogP) is 2.35. The molecule has 1 aliphatic heterocycles. The van der Waals surface area contributed by atoms with Crippen molar-refractivity contribution in [2.75, 3.05) is 19.6 Å². The van der Waals surface area contributed by atoms with E-state index in [4.69, 9.17) is 0 Å². The van der Waals surface area contributed by atoms with Gasteiger partial charge in [0.15, 0.2) is 6.29 Å². The number of aldehydes is 1. The van der Waals surface area contributed by atoms with Crippen LogP contribution in [0.5, 0.6) is 0 Å². The van der Waals surface area contributed by atoms with E-state index in [0.29, 0.717) is 11.5 Å². The molecule has 3 heterocycles. The van der Waals surface area contributed by atoms with E-state index in [9.17, 15) is 4.79 Å². The van der Waals surface area contributed by atoms with E-state index in [1.807, 2.05) is 24.5 Å². The number of fused-ring (bicyclic) bond motifs is 1. The maximum absolute atomic E-state index is 11.0. The Morgan fingerprint density at radius 3 is 2.89 bits per heavy atom. The molecule has 0 unspecified atom stereocenters. The lowest BCUT2D eigenvalue weighted by molar-refractivity contribution is 0.112. The smallest absolute Gasteiger partial charge is 0.152 e. The molecule has 1 saturated heterocycles. The van der Waals surface area contributed by atoms with Gasteiger partial charge in [-0.2, -0.15) is 0 Å². The number of carbonyl (C=O) groups is 1. The summed E-state index contributed by atoms with van der Waals surface area (Å²) in [5, 5.41) is 0. The van der Waals surface area contributed by atoms with Crippen molar-refractivity contribution < 1.29 is 4.79 Å². The SMILES string of the molecule is CCN1CCC(c2ncc3c(C=O)cccn23)CC1. The quantitative estimate of drug-likeness (QED) is 0.792. The van der Waals surface area contributed by atoms with Gasteiger partial charge in [-0.05, 0) is 44.6 Å². The predicted molar refractivity (Wildman–Crippen MR) is 74.7 cm³/mol. The maximum atomic E-state index is 11.0. The van der Waals surface area contributed by atoms with E-state index in [1.165, 1.54) is 0 Å². The third-order valence-electron chi connectivity index (χ3n) is 4.16. The first-order valence-corrected chi connectivity index (χ1v) is 6.97. The van der Waals surface area contributed by atoms with Crippen molar-refractivity contribution in [1.82, 2.24) is 14.3 Å². The fourth-order valence-corrected chi connectivity index (χ4v) is 2.97. The van der Waals surface area contributed by atoms with Crippen LogP contribution in [0.4, 0.5) is 0 Å². The maximum Gasteiger partial charge on any atom is 0.152 e. The van der Waals surface area contributed by atoms with Crippen LogP contribution in [0.25, 0.3) is 5.52 Å². The third-order valence-corrected chi connectivity index (χ3v) is 4.16. The van der Waals surface area contributed by atoms with Crippen molar-refractivity contribution in [3.8, 4) is 0 Å². The van der Waals surface area contributed by atoms with Crippen LogP contribution in [0, 0.1) is 0 Å². The Hall–Kier alpha value is -1.68. The first-order valence-electron chi connectivity index (χ1n) is 6.97. The number of nitrogens with zero attached hydrogens (tertiary/aromatic N) is 3. The third kappa shape index (κ3) is 2.16. The summed E-state index contributed by atoms with van der Waals surface area (Å²) in [7, 11) is 0. The van der Waals surface area contributed by atoms with E-state index in [1.54, 1.807) is 0 Å². The number of hydrogen-bond donors (Lipinski definition) is 0. The lowest BCUT2D eigenvalue weighted by Crippen LogP contribution is -2.33. The summed E-state index contributed by atoms with van der Waals surface area (Å²) in [5.74, 6) is 1.61. The van der Waals surface area contributed by atoms with E-state index < -0.39 is 0 Å². The minimum Gasteiger partial charge on any atom is -0.304 e. The topological polar surface area (TPSA) is 37.6 Å². The Morgan fingerprint density at radius 1 is 1.42 bits per heavy atom. The van der Waals surface area contributed by atoms with E-state index in [2.05, 4.69) is 21.2 Å². The Bertz CT molecular complexity index is 582. The van der Waals surface area contributed by atoms with Gasteiger partial charge >= 0.3 is 0 Å². The number of rotatable bonds is 3. The molecule has 0 radical (unpaired) electrons. The fraction of sp³-hybridized carbons (Fsp3) is 0.467. The minimum atomic E-state index is 0.507. The summed E-state index contributed by atoms with van der Waals surface area (Å²) in [6.07, 6.45) is 7.04. The average molecular weight is 257 g/mol. The molecule has 100 valence electrons. The second-order valence-corrected chi connectivity index (χ2v) is 5.16. The van der Waals surface area contributed by atoms with Gasteiger partial charge in [-0.15, -0.1) is 0 Å². The number of hydrogen-bond acceptors (Lipinski definition) is 3. The number of likely N-dealkylation sites (tertiary alicyclic amines) is 1. The van der Waals surface area contributed by atoms with Crippen molar-refractivity contribution in [2.24, 2.45) is 0 Å². The molecular formula is C15H19N3O. The summed E-state index contributed by atoms with van der Waals surface area (Å²) in [4.78, 5) is 18.1. The van der Waals surface area contributed by atoms with E-state index in [-0.39, 0.29) is 0 Å². The molecule has 4 nitrogen and oxygen atoms in total. The van der Waals surface area contributed by atoms with Crippen molar-refractivity contribution in [1.29, 1.82) is 0 Å². The monoisotopic (exact) mass is 257 g/mol. The second kappa shape index (κ2) is 5.13. The number of pyridine rings is 1. The molecule has 0 bridgehead atoms. The molecule has 1 fully saturated rings. The molecular weight excluding hydrogens is 238 g/mol. The largest absolute Gasteiger partial charge is 0.304 e. The molecule has 4 heteroatoms. The molecule has 0 atom stereocenters. The number of aromatic nitrogens is 2. The van der Waals surface area contributed by atoms with Gasteiger partial charge in [0.25, 0.3) is 0 Å². The van der Waals surface area contributed by atoms with Crippen LogP contribution in [0.3, 0.4) is 0 Å².